The van der Waals surface area contributed by atoms with E-state index in [-0.39, 0.29) is 29.2 Å². The lowest BCUT2D eigenvalue weighted by Gasteiger charge is -2.30. The van der Waals surface area contributed by atoms with E-state index in [4.69, 9.17) is 0 Å². The summed E-state index contributed by atoms with van der Waals surface area (Å²) in [7, 11) is 1.35. The van der Waals surface area contributed by atoms with Crippen LogP contribution in [0.2, 0.25) is 0 Å². The Morgan fingerprint density at radius 3 is 2.60 bits per heavy atom. The number of carbonyl (C=O) groups is 2. The van der Waals surface area contributed by atoms with Crippen LogP contribution in [0.3, 0.4) is 0 Å². The van der Waals surface area contributed by atoms with Gasteiger partial charge in [0.05, 0.1) is 24.1 Å². The summed E-state index contributed by atoms with van der Waals surface area (Å²) in [4.78, 5) is 37.7. The number of piperidine rings is 1. The van der Waals surface area contributed by atoms with Crippen molar-refractivity contribution in [3.05, 3.63) is 28.1 Å². The van der Waals surface area contributed by atoms with Crippen molar-refractivity contribution < 1.29 is 19.2 Å². The third kappa shape index (κ3) is 2.79. The number of esters is 1. The molecule has 1 aliphatic rings. The zero-order valence-corrected chi connectivity index (χ0v) is 11.0. The quantitative estimate of drug-likeness (QED) is 0.504. The molecule has 1 fully saturated rings. The molecule has 0 radical (unpaired) electrons. The first kappa shape index (κ1) is 14.0. The largest absolute Gasteiger partial charge is 0.469 e. The maximum atomic E-state index is 12.1. The highest BCUT2D eigenvalue weighted by Gasteiger charge is 2.29. The number of ether oxygens (including phenoxy) is 1. The number of H-pyrrole nitrogens is 1. The molecule has 0 spiro atoms. The van der Waals surface area contributed by atoms with Crippen LogP contribution in [-0.2, 0) is 9.53 Å². The van der Waals surface area contributed by atoms with Crippen LogP contribution in [0.1, 0.15) is 23.3 Å². The number of nitrogens with zero attached hydrogens (tertiary/aromatic N) is 2. The number of methoxy groups -OCH3 is 1. The molecule has 0 aromatic carbocycles. The summed E-state index contributed by atoms with van der Waals surface area (Å²) >= 11 is 0. The predicted octanol–water partition coefficient (Wildman–Crippen LogP) is 0.948. The molecule has 1 amide bonds. The normalized spacial score (nSPS) is 15.9. The zero-order chi connectivity index (χ0) is 14.7. The Morgan fingerprint density at radius 2 is 2.10 bits per heavy atom. The molecule has 1 saturated heterocycles. The van der Waals surface area contributed by atoms with E-state index in [1.54, 1.807) is 4.90 Å². The van der Waals surface area contributed by atoms with E-state index in [0.717, 1.165) is 0 Å². The Kier molecular flexibility index (Phi) is 4.02. The number of aromatic amines is 1. The van der Waals surface area contributed by atoms with E-state index in [9.17, 15) is 19.7 Å². The molecular formula is C12H15N3O5. The number of amides is 1. The van der Waals surface area contributed by atoms with Crippen LogP contribution < -0.4 is 0 Å². The van der Waals surface area contributed by atoms with Gasteiger partial charge in [0.1, 0.15) is 5.69 Å². The molecule has 1 aromatic heterocycles. The van der Waals surface area contributed by atoms with Crippen molar-refractivity contribution in [1.82, 2.24) is 9.88 Å². The van der Waals surface area contributed by atoms with Gasteiger partial charge in [-0.25, -0.2) is 0 Å². The van der Waals surface area contributed by atoms with Crippen molar-refractivity contribution in [3.63, 3.8) is 0 Å². The predicted molar refractivity (Wildman–Crippen MR) is 68.1 cm³/mol. The van der Waals surface area contributed by atoms with E-state index >= 15 is 0 Å². The first-order chi connectivity index (χ1) is 9.52. The molecule has 8 heteroatoms. The van der Waals surface area contributed by atoms with Crippen LogP contribution in [0.4, 0.5) is 5.69 Å². The Bertz CT molecular complexity index is 531. The molecule has 108 valence electrons. The minimum absolute atomic E-state index is 0.141. The van der Waals surface area contributed by atoms with Gasteiger partial charge >= 0.3 is 5.97 Å². The van der Waals surface area contributed by atoms with Gasteiger partial charge < -0.3 is 14.6 Å². The third-order valence-corrected chi connectivity index (χ3v) is 3.43. The van der Waals surface area contributed by atoms with Crippen molar-refractivity contribution >= 4 is 17.6 Å². The number of likely N-dealkylation sites (tertiary alicyclic amines) is 1. The number of hydrogen-bond donors (Lipinski definition) is 1. The minimum atomic E-state index is -0.559. The Labute approximate surface area is 114 Å². The second kappa shape index (κ2) is 5.72. The van der Waals surface area contributed by atoms with Crippen LogP contribution in [0.25, 0.3) is 0 Å². The van der Waals surface area contributed by atoms with Crippen LogP contribution in [-0.4, -0.2) is 46.9 Å². The molecule has 2 rings (SSSR count). The number of carbonyl (C=O) groups excluding carboxylic acids is 2. The van der Waals surface area contributed by atoms with Crippen LogP contribution >= 0.6 is 0 Å². The average molecular weight is 281 g/mol. The average Bonchev–Trinajstić information content (AvgIpc) is 2.96. The van der Waals surface area contributed by atoms with Gasteiger partial charge in [0.25, 0.3) is 11.6 Å². The van der Waals surface area contributed by atoms with Gasteiger partial charge in [-0.15, -0.1) is 0 Å². The SMILES string of the molecule is COC(=O)C1CCN(C(=O)c2cc([N+](=O)[O-])c[nH]2)CC1. The second-order valence-electron chi connectivity index (χ2n) is 4.62. The molecule has 1 aliphatic heterocycles. The van der Waals surface area contributed by atoms with Gasteiger partial charge in [0.15, 0.2) is 0 Å². The van der Waals surface area contributed by atoms with Gasteiger partial charge in [0.2, 0.25) is 0 Å². The summed E-state index contributed by atoms with van der Waals surface area (Å²) in [5, 5.41) is 10.6. The number of rotatable bonds is 3. The first-order valence-electron chi connectivity index (χ1n) is 6.23. The molecule has 0 unspecified atom stereocenters. The van der Waals surface area contributed by atoms with Crippen molar-refractivity contribution in [3.8, 4) is 0 Å². The number of aromatic nitrogens is 1. The molecule has 20 heavy (non-hydrogen) atoms. The molecule has 1 aromatic rings. The molecule has 2 heterocycles. The van der Waals surface area contributed by atoms with E-state index in [1.165, 1.54) is 19.4 Å². The first-order valence-corrected chi connectivity index (χ1v) is 6.23. The van der Waals surface area contributed by atoms with Gasteiger partial charge in [-0.1, -0.05) is 0 Å². The smallest absolute Gasteiger partial charge is 0.308 e. The van der Waals surface area contributed by atoms with Gasteiger partial charge in [0, 0.05) is 19.2 Å². The number of hydrogen-bond acceptors (Lipinski definition) is 5. The van der Waals surface area contributed by atoms with Gasteiger partial charge in [-0.2, -0.15) is 0 Å². The fraction of sp³-hybridized carbons (Fsp3) is 0.500. The summed E-state index contributed by atoms with van der Waals surface area (Å²) in [6.45, 7) is 0.872. The fourth-order valence-electron chi connectivity index (χ4n) is 2.27. The van der Waals surface area contributed by atoms with Crippen LogP contribution in [0, 0.1) is 16.0 Å². The highest BCUT2D eigenvalue weighted by Crippen LogP contribution is 2.21. The third-order valence-electron chi connectivity index (χ3n) is 3.43. The summed E-state index contributed by atoms with van der Waals surface area (Å²) < 4.78 is 4.68. The molecule has 0 aliphatic carbocycles. The Balaban J connectivity index is 1.97. The van der Waals surface area contributed by atoms with Crippen LogP contribution in [0.15, 0.2) is 12.3 Å². The van der Waals surface area contributed by atoms with Crippen molar-refractivity contribution in [1.29, 1.82) is 0 Å². The zero-order valence-electron chi connectivity index (χ0n) is 11.0. The van der Waals surface area contributed by atoms with Crippen LogP contribution in [0.5, 0.6) is 0 Å². The van der Waals surface area contributed by atoms with Crippen molar-refractivity contribution in [2.24, 2.45) is 5.92 Å². The number of nitrogens with one attached hydrogen (secondary N) is 1. The summed E-state index contributed by atoms with van der Waals surface area (Å²) in [6, 6.07) is 1.22. The summed E-state index contributed by atoms with van der Waals surface area (Å²) in [5.74, 6) is -0.726. The molecule has 8 nitrogen and oxygen atoms in total. The molecular weight excluding hydrogens is 266 g/mol. The topological polar surface area (TPSA) is 106 Å². The maximum Gasteiger partial charge on any atom is 0.308 e. The molecule has 0 bridgehead atoms. The summed E-state index contributed by atoms with van der Waals surface area (Å²) in [5.41, 5.74) is 0.0472. The summed E-state index contributed by atoms with van der Waals surface area (Å²) in [6.07, 6.45) is 2.27. The lowest BCUT2D eigenvalue weighted by molar-refractivity contribution is -0.384. The van der Waals surface area contributed by atoms with Crippen molar-refractivity contribution in [2.45, 2.75) is 12.8 Å². The Hall–Kier alpha value is -2.38. The Morgan fingerprint density at radius 1 is 1.45 bits per heavy atom. The molecule has 1 N–H and O–H groups in total. The second-order valence-corrected chi connectivity index (χ2v) is 4.62. The van der Waals surface area contributed by atoms with E-state index in [2.05, 4.69) is 9.72 Å². The fourth-order valence-corrected chi connectivity index (χ4v) is 2.27. The van der Waals surface area contributed by atoms with E-state index in [0.29, 0.717) is 25.9 Å². The highest BCUT2D eigenvalue weighted by molar-refractivity contribution is 5.93. The lowest BCUT2D eigenvalue weighted by atomic mass is 9.97. The minimum Gasteiger partial charge on any atom is -0.469 e. The molecule has 0 saturated carbocycles. The maximum absolute atomic E-state index is 12.1. The number of nitro groups is 1. The van der Waals surface area contributed by atoms with Gasteiger partial charge in [-0.05, 0) is 12.8 Å². The monoisotopic (exact) mass is 281 g/mol. The van der Waals surface area contributed by atoms with Gasteiger partial charge in [-0.3, -0.25) is 19.7 Å². The van der Waals surface area contributed by atoms with Crippen molar-refractivity contribution in [2.75, 3.05) is 20.2 Å². The van der Waals surface area contributed by atoms with E-state index < -0.39 is 4.92 Å². The van der Waals surface area contributed by atoms with E-state index in [1.807, 2.05) is 0 Å². The highest BCUT2D eigenvalue weighted by atomic mass is 16.6. The molecule has 0 atom stereocenters. The lowest BCUT2D eigenvalue weighted by Crippen LogP contribution is -2.40. The standard InChI is InChI=1S/C12H15N3O5/c1-20-12(17)8-2-4-14(5-3-8)11(16)10-6-9(7-13-10)15(18)19/h6-8,13H,2-5H2,1H3.